The van der Waals surface area contributed by atoms with Gasteiger partial charge in [-0.25, -0.2) is 0 Å². The maximum atomic E-state index is 5.61. The van der Waals surface area contributed by atoms with E-state index < -0.39 is 0 Å². The van der Waals surface area contributed by atoms with E-state index in [0.29, 0.717) is 0 Å². The van der Waals surface area contributed by atoms with E-state index >= 15 is 0 Å². The molecule has 1 unspecified atom stereocenters. The number of hydrogen-bond donors (Lipinski definition) is 0. The third kappa shape index (κ3) is 4.92. The zero-order valence-corrected chi connectivity index (χ0v) is 7.25. The van der Waals surface area contributed by atoms with E-state index in [1.807, 2.05) is 0 Å². The molecule has 0 aromatic heterocycles. The van der Waals surface area contributed by atoms with E-state index in [9.17, 15) is 0 Å². The second-order valence-corrected chi connectivity index (χ2v) is 4.08. The maximum absolute atomic E-state index is 5.61. The minimum absolute atomic E-state index is 0.172. The topological polar surface area (TPSA) is 0 Å². The fourth-order valence-corrected chi connectivity index (χ4v) is 2.29. The second-order valence-electron chi connectivity index (χ2n) is 1.99. The van der Waals surface area contributed by atoms with Crippen LogP contribution in [0, 0.1) is 5.92 Å². The fraction of sp³-hybridized carbons (Fsp3) is 1.00. The molecule has 2 heteroatoms. The molecule has 0 aliphatic carbocycles. The number of hydrogen-bond acceptors (Lipinski definition) is 0. The molecule has 7 heavy (non-hydrogen) atoms. The summed E-state index contributed by atoms with van der Waals surface area (Å²) in [5, 5.41) is 0. The third-order valence-electron chi connectivity index (χ3n) is 1.30. The van der Waals surface area contributed by atoms with Gasteiger partial charge in [0.05, 0.1) is 0 Å². The van der Waals surface area contributed by atoms with Crippen molar-refractivity contribution < 1.29 is 0 Å². The summed E-state index contributed by atoms with van der Waals surface area (Å²) in [6.07, 6.45) is 1.29. The molecule has 0 amide bonds. The van der Waals surface area contributed by atoms with Crippen LogP contribution in [0.25, 0.3) is 0 Å². The lowest BCUT2D eigenvalue weighted by Gasteiger charge is -2.01. The van der Waals surface area contributed by atoms with Crippen molar-refractivity contribution in [3.8, 4) is 0 Å². The van der Waals surface area contributed by atoms with Gasteiger partial charge in [0.2, 0.25) is 0 Å². The van der Waals surface area contributed by atoms with Crippen LogP contribution in [0.1, 0.15) is 20.3 Å². The summed E-state index contributed by atoms with van der Waals surface area (Å²) >= 11 is -0.172. The summed E-state index contributed by atoms with van der Waals surface area (Å²) in [4.78, 5) is 0. The number of halogens is 1. The average molecular weight is 131 g/mol. The maximum Gasteiger partial charge on any atom is 0.501 e. The first-order valence-electron chi connectivity index (χ1n) is 2.87. The van der Waals surface area contributed by atoms with Crippen LogP contribution in [0.3, 0.4) is 0 Å². The molecule has 40 valence electrons. The Morgan fingerprint density at radius 3 is 2.43 bits per heavy atom. The molecular weight excluding hydrogens is 120 g/mol. The van der Waals surface area contributed by atoms with E-state index in [0.717, 1.165) is 5.92 Å². The molecule has 0 aromatic carbocycles. The van der Waals surface area contributed by atoms with E-state index in [1.165, 1.54) is 11.0 Å². The van der Waals surface area contributed by atoms with Crippen molar-refractivity contribution in [3.63, 3.8) is 0 Å². The first kappa shape index (κ1) is 8.06. The summed E-state index contributed by atoms with van der Waals surface area (Å²) in [5.41, 5.74) is 0. The Morgan fingerprint density at radius 1 is 1.71 bits per heavy atom. The van der Waals surface area contributed by atoms with Crippen molar-refractivity contribution in [1.82, 2.24) is 0 Å². The van der Waals surface area contributed by atoms with Crippen molar-refractivity contribution in [2.45, 2.75) is 24.8 Å². The van der Waals surface area contributed by atoms with Crippen LogP contribution >= 0.6 is 9.07 Å². The van der Waals surface area contributed by atoms with Gasteiger partial charge in [-0.3, -0.25) is 0 Å². The minimum Gasteiger partial charge on any atom is -0.346 e. The van der Waals surface area contributed by atoms with Crippen molar-refractivity contribution in [2.75, 3.05) is 0 Å². The van der Waals surface area contributed by atoms with E-state index in [1.54, 1.807) is 0 Å². The lowest BCUT2D eigenvalue weighted by atomic mass is 10.2. The lowest BCUT2D eigenvalue weighted by molar-refractivity contribution is 0.624. The highest BCUT2D eigenvalue weighted by Crippen LogP contribution is 2.05. The zero-order chi connectivity index (χ0) is 5.70. The van der Waals surface area contributed by atoms with Gasteiger partial charge in [-0.05, 0) is 0 Å². The normalized spacial score (nSPS) is 13.0. The Balaban J connectivity index is 2.83. The Morgan fingerprint density at radius 2 is 2.29 bits per heavy atom. The summed E-state index contributed by atoms with van der Waals surface area (Å²) in [5.74, 6) is 0.879. The SMILES string of the molecule is CCC(C)[CH2][Mg][Cl]. The van der Waals surface area contributed by atoms with Crippen molar-refractivity contribution >= 4 is 28.3 Å². The molecule has 0 nitrogen and oxygen atoms in total. The molecule has 0 rings (SSSR count). The van der Waals surface area contributed by atoms with Gasteiger partial charge in [0, 0.05) is 0 Å². The van der Waals surface area contributed by atoms with Gasteiger partial charge >= 0.3 is 19.3 Å². The largest absolute Gasteiger partial charge is 0.501 e. The van der Waals surface area contributed by atoms with Gasteiger partial charge in [-0.15, -0.1) is 4.55 Å². The minimum atomic E-state index is -0.172. The smallest absolute Gasteiger partial charge is 0.346 e. The Labute approximate surface area is 59.1 Å². The summed E-state index contributed by atoms with van der Waals surface area (Å²) < 4.78 is 1.30. The highest BCUT2D eigenvalue weighted by Gasteiger charge is 1.97. The molecule has 0 saturated heterocycles. The van der Waals surface area contributed by atoms with Gasteiger partial charge in [0.1, 0.15) is 0 Å². The van der Waals surface area contributed by atoms with Crippen molar-refractivity contribution in [2.24, 2.45) is 5.92 Å². The van der Waals surface area contributed by atoms with E-state index in [-0.39, 0.29) is 19.3 Å². The van der Waals surface area contributed by atoms with Crippen LogP contribution in [0.15, 0.2) is 0 Å². The third-order valence-corrected chi connectivity index (χ3v) is 3.16. The molecule has 0 spiro atoms. The van der Waals surface area contributed by atoms with E-state index in [4.69, 9.17) is 9.07 Å². The molecule has 0 bridgehead atoms. The Hall–Kier alpha value is 1.06. The van der Waals surface area contributed by atoms with Crippen LogP contribution in [-0.2, 0) is 0 Å². The first-order chi connectivity index (χ1) is 3.31. The predicted molar refractivity (Wildman–Crippen MR) is 35.9 cm³/mol. The van der Waals surface area contributed by atoms with Gasteiger partial charge in [0.15, 0.2) is 0 Å². The predicted octanol–water partition coefficient (Wildman–Crippen LogP) is 2.31. The lowest BCUT2D eigenvalue weighted by Crippen LogP contribution is -1.91. The first-order valence-corrected chi connectivity index (χ1v) is 6.01. The Kier molecular flexibility index (Phi) is 5.98. The fourth-order valence-electron chi connectivity index (χ4n) is 0.390. The number of rotatable bonds is 3. The van der Waals surface area contributed by atoms with Crippen LogP contribution in [-0.4, -0.2) is 19.3 Å². The second kappa shape index (κ2) is 5.20. The van der Waals surface area contributed by atoms with Crippen LogP contribution < -0.4 is 0 Å². The van der Waals surface area contributed by atoms with Crippen LogP contribution in [0.5, 0.6) is 0 Å². The van der Waals surface area contributed by atoms with Gasteiger partial charge in [0.25, 0.3) is 0 Å². The average Bonchev–Trinajstić information content (AvgIpc) is 1.68. The molecule has 0 N–H and O–H groups in total. The molecule has 0 aliphatic rings. The zero-order valence-electron chi connectivity index (χ0n) is 5.08. The molecule has 0 fully saturated rings. The highest BCUT2D eigenvalue weighted by molar-refractivity contribution is 6.93. The van der Waals surface area contributed by atoms with Crippen molar-refractivity contribution in [1.29, 1.82) is 0 Å². The standard InChI is InChI=1S/C5H11.ClH.Mg/c1-4-5(2)3;;/h5H,2,4H2,1,3H3;1H;/q;;+1/p-1. The van der Waals surface area contributed by atoms with Crippen LogP contribution in [0.2, 0.25) is 4.55 Å². The summed E-state index contributed by atoms with van der Waals surface area (Å²) in [6.45, 7) is 4.47. The van der Waals surface area contributed by atoms with Crippen LogP contribution in [0.4, 0.5) is 0 Å². The molecule has 0 saturated carbocycles. The molecule has 1 atom stereocenters. The molecule has 0 radical (unpaired) electrons. The summed E-state index contributed by atoms with van der Waals surface area (Å²) in [7, 11) is 5.61. The van der Waals surface area contributed by atoms with Gasteiger partial charge in [-0.1, -0.05) is 26.2 Å². The Bertz CT molecular complexity index is 39.1. The highest BCUT2D eigenvalue weighted by atomic mass is 35.5. The van der Waals surface area contributed by atoms with Crippen molar-refractivity contribution in [3.05, 3.63) is 0 Å². The van der Waals surface area contributed by atoms with Gasteiger partial charge < -0.3 is 9.07 Å². The molecule has 0 aliphatic heterocycles. The van der Waals surface area contributed by atoms with E-state index in [2.05, 4.69) is 13.8 Å². The molecule has 0 heterocycles. The monoisotopic (exact) mass is 130 g/mol. The quantitative estimate of drug-likeness (QED) is 0.515. The molecular formula is C5H11ClMg. The molecule has 0 aromatic rings. The van der Waals surface area contributed by atoms with Gasteiger partial charge in [-0.2, -0.15) is 0 Å². The summed E-state index contributed by atoms with van der Waals surface area (Å²) in [6, 6.07) is 0.